The molecule has 0 unspecified atom stereocenters. The molecular weight excluding hydrogens is 300 g/mol. The van der Waals surface area contributed by atoms with E-state index in [1.807, 2.05) is 31.1 Å². The standard InChI is InChI=1S/C15H16N4O4/c1-17(2)12-5-3-11(4-6-12)16-14(20)10-18-9-13(19(22)23)7-8-15(18)21/h3-9H,10H2,1-2H3,(H,16,20). The number of amides is 1. The highest BCUT2D eigenvalue weighted by molar-refractivity contribution is 5.90. The minimum Gasteiger partial charge on any atom is -0.378 e. The van der Waals surface area contributed by atoms with E-state index < -0.39 is 16.4 Å². The minimum atomic E-state index is -0.617. The van der Waals surface area contributed by atoms with E-state index in [1.165, 1.54) is 0 Å². The molecule has 0 aliphatic rings. The van der Waals surface area contributed by atoms with E-state index in [-0.39, 0.29) is 12.2 Å². The van der Waals surface area contributed by atoms with Gasteiger partial charge in [-0.15, -0.1) is 0 Å². The molecule has 1 N–H and O–H groups in total. The van der Waals surface area contributed by atoms with E-state index >= 15 is 0 Å². The fourth-order valence-electron chi connectivity index (χ4n) is 1.95. The van der Waals surface area contributed by atoms with Crippen LogP contribution in [-0.2, 0) is 11.3 Å². The largest absolute Gasteiger partial charge is 0.378 e. The van der Waals surface area contributed by atoms with Crippen LogP contribution in [0, 0.1) is 10.1 Å². The van der Waals surface area contributed by atoms with Gasteiger partial charge in [0, 0.05) is 37.6 Å². The van der Waals surface area contributed by atoms with E-state index in [4.69, 9.17) is 0 Å². The molecule has 1 heterocycles. The topological polar surface area (TPSA) is 97.5 Å². The molecule has 2 aromatic rings. The first-order valence-electron chi connectivity index (χ1n) is 6.79. The summed E-state index contributed by atoms with van der Waals surface area (Å²) in [6, 6.07) is 9.34. The Bertz CT molecular complexity index is 781. The molecule has 23 heavy (non-hydrogen) atoms. The molecule has 0 radical (unpaired) electrons. The molecule has 8 nitrogen and oxygen atoms in total. The van der Waals surface area contributed by atoms with Gasteiger partial charge < -0.3 is 10.2 Å². The molecule has 120 valence electrons. The van der Waals surface area contributed by atoms with Crippen LogP contribution in [0.3, 0.4) is 0 Å². The van der Waals surface area contributed by atoms with Crippen molar-refractivity contribution >= 4 is 23.0 Å². The Hall–Kier alpha value is -3.16. The molecular formula is C15H16N4O4. The molecule has 0 spiro atoms. The third-order valence-electron chi connectivity index (χ3n) is 3.16. The summed E-state index contributed by atoms with van der Waals surface area (Å²) in [7, 11) is 3.81. The molecule has 1 amide bonds. The highest BCUT2D eigenvalue weighted by Gasteiger charge is 2.11. The van der Waals surface area contributed by atoms with Crippen molar-refractivity contribution < 1.29 is 9.72 Å². The molecule has 0 saturated carbocycles. The zero-order chi connectivity index (χ0) is 17.0. The number of aromatic nitrogens is 1. The van der Waals surface area contributed by atoms with Gasteiger partial charge >= 0.3 is 0 Å². The first-order chi connectivity index (χ1) is 10.9. The smallest absolute Gasteiger partial charge is 0.285 e. The highest BCUT2D eigenvalue weighted by Crippen LogP contribution is 2.15. The molecule has 1 aromatic carbocycles. The van der Waals surface area contributed by atoms with E-state index in [0.717, 1.165) is 28.6 Å². The predicted octanol–water partition coefficient (Wildman–Crippen LogP) is 1.46. The number of anilines is 2. The summed E-state index contributed by atoms with van der Waals surface area (Å²) in [5.74, 6) is -0.440. The first-order valence-corrected chi connectivity index (χ1v) is 6.79. The first kappa shape index (κ1) is 16.2. The Labute approximate surface area is 132 Å². The normalized spacial score (nSPS) is 10.2. The summed E-state index contributed by atoms with van der Waals surface area (Å²) in [6.45, 7) is -0.296. The van der Waals surface area contributed by atoms with Crippen molar-refractivity contribution in [3.63, 3.8) is 0 Å². The predicted molar refractivity (Wildman–Crippen MR) is 86.8 cm³/mol. The number of nitrogens with zero attached hydrogens (tertiary/aromatic N) is 3. The van der Waals surface area contributed by atoms with Gasteiger partial charge in [0.25, 0.3) is 11.2 Å². The van der Waals surface area contributed by atoms with Crippen LogP contribution >= 0.6 is 0 Å². The summed E-state index contributed by atoms with van der Waals surface area (Å²) >= 11 is 0. The summed E-state index contributed by atoms with van der Waals surface area (Å²) in [5.41, 5.74) is 0.846. The molecule has 0 bridgehead atoms. The second kappa shape index (κ2) is 6.73. The van der Waals surface area contributed by atoms with Crippen molar-refractivity contribution in [1.82, 2.24) is 4.57 Å². The zero-order valence-corrected chi connectivity index (χ0v) is 12.7. The number of benzene rings is 1. The van der Waals surface area contributed by atoms with Crippen LogP contribution in [0.25, 0.3) is 0 Å². The van der Waals surface area contributed by atoms with Gasteiger partial charge in [0.15, 0.2) is 0 Å². The number of carbonyl (C=O) groups excluding carboxylic acids is 1. The average Bonchev–Trinajstić information content (AvgIpc) is 2.49. The Morgan fingerprint density at radius 3 is 2.43 bits per heavy atom. The molecule has 0 aliphatic carbocycles. The maximum Gasteiger partial charge on any atom is 0.285 e. The Morgan fingerprint density at radius 2 is 1.87 bits per heavy atom. The lowest BCUT2D eigenvalue weighted by Gasteiger charge is -2.13. The van der Waals surface area contributed by atoms with E-state index in [9.17, 15) is 19.7 Å². The summed E-state index contributed by atoms with van der Waals surface area (Å²) in [4.78, 5) is 35.7. The highest BCUT2D eigenvalue weighted by atomic mass is 16.6. The van der Waals surface area contributed by atoms with Gasteiger partial charge in [-0.25, -0.2) is 0 Å². The van der Waals surface area contributed by atoms with E-state index in [0.29, 0.717) is 5.69 Å². The SMILES string of the molecule is CN(C)c1ccc(NC(=O)Cn2cc([N+](=O)[O-])ccc2=O)cc1. The van der Waals surface area contributed by atoms with Crippen molar-refractivity contribution in [2.75, 3.05) is 24.3 Å². The molecule has 0 atom stereocenters. The van der Waals surface area contributed by atoms with Crippen LogP contribution in [0.1, 0.15) is 0 Å². The average molecular weight is 316 g/mol. The van der Waals surface area contributed by atoms with Crippen molar-refractivity contribution in [2.24, 2.45) is 0 Å². The van der Waals surface area contributed by atoms with Crippen molar-refractivity contribution in [1.29, 1.82) is 0 Å². The van der Waals surface area contributed by atoms with Crippen LogP contribution in [0.2, 0.25) is 0 Å². The van der Waals surface area contributed by atoms with Crippen LogP contribution < -0.4 is 15.8 Å². The van der Waals surface area contributed by atoms with E-state index in [1.54, 1.807) is 12.1 Å². The van der Waals surface area contributed by atoms with Gasteiger partial charge in [0.05, 0.1) is 11.1 Å². The summed E-state index contributed by atoms with van der Waals surface area (Å²) in [6.07, 6.45) is 1.05. The quantitative estimate of drug-likeness (QED) is 0.665. The third kappa shape index (κ3) is 4.16. The number of carbonyl (C=O) groups is 1. The zero-order valence-electron chi connectivity index (χ0n) is 12.7. The van der Waals surface area contributed by atoms with Crippen LogP contribution in [0.15, 0.2) is 47.4 Å². The number of nitrogens with one attached hydrogen (secondary N) is 1. The van der Waals surface area contributed by atoms with Crippen LogP contribution in [0.4, 0.5) is 17.1 Å². The van der Waals surface area contributed by atoms with Gasteiger partial charge in [0.2, 0.25) is 5.91 Å². The van der Waals surface area contributed by atoms with Gasteiger partial charge in [-0.1, -0.05) is 0 Å². The van der Waals surface area contributed by atoms with Crippen LogP contribution in [0.5, 0.6) is 0 Å². The molecule has 0 aliphatic heterocycles. The molecule has 0 saturated heterocycles. The second-order valence-electron chi connectivity index (χ2n) is 5.10. The molecule has 2 rings (SSSR count). The lowest BCUT2D eigenvalue weighted by atomic mass is 10.2. The summed E-state index contributed by atoms with van der Waals surface area (Å²) < 4.78 is 1.00. The van der Waals surface area contributed by atoms with Gasteiger partial charge in [-0.05, 0) is 24.3 Å². The van der Waals surface area contributed by atoms with Gasteiger partial charge in [0.1, 0.15) is 6.54 Å². The second-order valence-corrected chi connectivity index (χ2v) is 5.10. The maximum absolute atomic E-state index is 12.0. The van der Waals surface area contributed by atoms with Gasteiger partial charge in [-0.2, -0.15) is 0 Å². The minimum absolute atomic E-state index is 0.243. The Kier molecular flexibility index (Phi) is 4.75. The maximum atomic E-state index is 12.0. The van der Waals surface area contributed by atoms with Gasteiger partial charge in [-0.3, -0.25) is 24.3 Å². The number of hydrogen-bond donors (Lipinski definition) is 1. The Morgan fingerprint density at radius 1 is 1.22 bits per heavy atom. The fourth-order valence-corrected chi connectivity index (χ4v) is 1.95. The molecule has 1 aromatic heterocycles. The van der Waals surface area contributed by atoms with Crippen LogP contribution in [-0.4, -0.2) is 29.5 Å². The van der Waals surface area contributed by atoms with Crippen molar-refractivity contribution in [2.45, 2.75) is 6.54 Å². The lowest BCUT2D eigenvalue weighted by molar-refractivity contribution is -0.385. The molecule has 8 heteroatoms. The van der Waals surface area contributed by atoms with E-state index in [2.05, 4.69) is 5.32 Å². The third-order valence-corrected chi connectivity index (χ3v) is 3.16. The molecule has 0 fully saturated rings. The number of hydrogen-bond acceptors (Lipinski definition) is 5. The number of rotatable bonds is 5. The lowest BCUT2D eigenvalue weighted by Crippen LogP contribution is -2.27. The number of nitro groups is 1. The number of pyridine rings is 1. The summed E-state index contributed by atoms with van der Waals surface area (Å²) in [5, 5.41) is 13.4. The Balaban J connectivity index is 2.09. The van der Waals surface area contributed by atoms with Crippen molar-refractivity contribution in [3.8, 4) is 0 Å². The monoisotopic (exact) mass is 316 g/mol. The fraction of sp³-hybridized carbons (Fsp3) is 0.200. The van der Waals surface area contributed by atoms with Crippen molar-refractivity contribution in [3.05, 3.63) is 63.1 Å².